The van der Waals surface area contributed by atoms with Crippen LogP contribution in [-0.4, -0.2) is 8.80 Å². The van der Waals surface area contributed by atoms with Gasteiger partial charge in [-0.1, -0.05) is 66.2 Å². The molecular formula is C22H19N2Si. The van der Waals surface area contributed by atoms with E-state index in [9.17, 15) is 0 Å². The molecule has 0 amide bonds. The highest BCUT2D eigenvalue weighted by Gasteiger charge is 2.07. The van der Waals surface area contributed by atoms with E-state index >= 15 is 0 Å². The van der Waals surface area contributed by atoms with E-state index in [4.69, 9.17) is 11.5 Å². The molecule has 2 nitrogen and oxygen atoms in total. The van der Waals surface area contributed by atoms with Gasteiger partial charge in [0, 0.05) is 16.9 Å². The normalized spacial score (nSPS) is 10.6. The summed E-state index contributed by atoms with van der Waals surface area (Å²) in [7, 11) is -1.17. The van der Waals surface area contributed by atoms with Crippen LogP contribution in [0.4, 0.5) is 11.4 Å². The lowest BCUT2D eigenvalue weighted by molar-refractivity contribution is 1.63. The van der Waals surface area contributed by atoms with Crippen LogP contribution in [0.15, 0.2) is 84.6 Å². The Hall–Kier alpha value is -3.22. The van der Waals surface area contributed by atoms with Crippen molar-refractivity contribution in [3.8, 4) is 11.5 Å². The molecule has 0 bridgehead atoms. The molecule has 0 atom stereocenters. The van der Waals surface area contributed by atoms with E-state index in [1.807, 2.05) is 54.6 Å². The maximum atomic E-state index is 5.86. The van der Waals surface area contributed by atoms with Crippen molar-refractivity contribution >= 4 is 31.4 Å². The maximum absolute atomic E-state index is 5.86. The molecule has 25 heavy (non-hydrogen) atoms. The van der Waals surface area contributed by atoms with Gasteiger partial charge in [-0.15, -0.1) is 5.54 Å². The zero-order valence-electron chi connectivity index (χ0n) is 13.8. The highest BCUT2D eigenvalue weighted by Crippen LogP contribution is 2.09. The summed E-state index contributed by atoms with van der Waals surface area (Å²) < 4.78 is 0. The number of anilines is 2. The first-order valence-electron chi connectivity index (χ1n) is 8.04. The summed E-state index contributed by atoms with van der Waals surface area (Å²) in [6.45, 7) is 0. The Morgan fingerprint density at radius 3 is 2.20 bits per heavy atom. The Balaban J connectivity index is 1.91. The third-order valence-corrected chi connectivity index (χ3v) is 5.52. The van der Waals surface area contributed by atoms with E-state index in [0.29, 0.717) is 0 Å². The molecule has 3 aromatic carbocycles. The van der Waals surface area contributed by atoms with E-state index < -0.39 is 8.80 Å². The Labute approximate surface area is 150 Å². The monoisotopic (exact) mass is 339 g/mol. The van der Waals surface area contributed by atoms with Crippen molar-refractivity contribution < 1.29 is 0 Å². The molecule has 0 aliphatic heterocycles. The Morgan fingerprint density at radius 2 is 1.48 bits per heavy atom. The fraction of sp³-hybridized carbons (Fsp3) is 0. The van der Waals surface area contributed by atoms with Gasteiger partial charge in [0.25, 0.3) is 0 Å². The molecule has 121 valence electrons. The van der Waals surface area contributed by atoms with Gasteiger partial charge in [0.05, 0.1) is 0 Å². The van der Waals surface area contributed by atoms with Gasteiger partial charge < -0.3 is 11.5 Å². The highest BCUT2D eigenvalue weighted by molar-refractivity contribution is 6.85. The first-order valence-corrected chi connectivity index (χ1v) is 9.62. The molecule has 0 saturated heterocycles. The smallest absolute Gasteiger partial charge is 0.206 e. The van der Waals surface area contributed by atoms with E-state index in [2.05, 4.69) is 47.5 Å². The second kappa shape index (κ2) is 8.05. The summed E-state index contributed by atoms with van der Waals surface area (Å²) in [5.41, 5.74) is 20.9. The van der Waals surface area contributed by atoms with E-state index in [0.717, 1.165) is 22.5 Å². The molecule has 0 fully saturated rings. The average molecular weight is 339 g/mol. The van der Waals surface area contributed by atoms with Crippen molar-refractivity contribution in [3.05, 3.63) is 95.7 Å². The second-order valence-corrected chi connectivity index (χ2v) is 7.65. The van der Waals surface area contributed by atoms with Crippen LogP contribution in [0.1, 0.15) is 11.1 Å². The van der Waals surface area contributed by atoms with Crippen molar-refractivity contribution in [3.63, 3.8) is 0 Å². The number of hydrogen-bond donors (Lipinski definition) is 2. The maximum Gasteiger partial charge on any atom is 0.206 e. The summed E-state index contributed by atoms with van der Waals surface area (Å²) >= 11 is 0. The largest absolute Gasteiger partial charge is 0.399 e. The molecule has 0 unspecified atom stereocenters. The molecule has 3 rings (SSSR count). The molecule has 0 saturated carbocycles. The first-order chi connectivity index (χ1) is 12.2. The summed E-state index contributed by atoms with van der Waals surface area (Å²) in [5.74, 6) is 3.27. The lowest BCUT2D eigenvalue weighted by Gasteiger charge is -2.04. The lowest BCUT2D eigenvalue weighted by atomic mass is 10.2. The van der Waals surface area contributed by atoms with Gasteiger partial charge in [0.15, 0.2) is 0 Å². The third-order valence-electron chi connectivity index (χ3n) is 3.67. The van der Waals surface area contributed by atoms with Crippen LogP contribution >= 0.6 is 0 Å². The summed E-state index contributed by atoms with van der Waals surface area (Å²) in [6.07, 6.45) is 2.10. The second-order valence-electron chi connectivity index (χ2n) is 5.66. The van der Waals surface area contributed by atoms with Gasteiger partial charge >= 0.3 is 0 Å². The average Bonchev–Trinajstić information content (AvgIpc) is 2.63. The Morgan fingerprint density at radius 1 is 0.760 bits per heavy atom. The molecule has 0 aromatic heterocycles. The highest BCUT2D eigenvalue weighted by atomic mass is 28.3. The van der Waals surface area contributed by atoms with E-state index in [-0.39, 0.29) is 0 Å². The number of benzene rings is 3. The minimum Gasteiger partial charge on any atom is -0.399 e. The molecular weight excluding hydrogens is 320 g/mol. The molecule has 1 radical (unpaired) electrons. The zero-order chi connectivity index (χ0) is 17.5. The standard InChI is InChI=1S/C22H19N2Si/c23-20-8-4-6-18(16-20)12-14-25(22-10-2-1-3-11-22)15-13-19-7-5-9-21(24)17-19/h1-12,14,16-17H,23-24H2/b14-12+. The fourth-order valence-corrected chi connectivity index (χ4v) is 4.04. The Kier molecular flexibility index (Phi) is 5.35. The van der Waals surface area contributed by atoms with Crippen LogP contribution in [0, 0.1) is 11.5 Å². The SMILES string of the molecule is Nc1cccc(C#C[Si](/C=C/c2cccc(N)c2)c2ccccc2)c1. The summed E-state index contributed by atoms with van der Waals surface area (Å²) in [5, 5.41) is 1.25. The molecule has 3 heteroatoms. The molecule has 0 aliphatic rings. The van der Waals surface area contributed by atoms with Gasteiger partial charge in [-0.3, -0.25) is 0 Å². The van der Waals surface area contributed by atoms with E-state index in [1.54, 1.807) is 0 Å². The van der Waals surface area contributed by atoms with Gasteiger partial charge in [0.2, 0.25) is 8.80 Å². The van der Waals surface area contributed by atoms with Crippen LogP contribution < -0.4 is 16.7 Å². The predicted octanol–water partition coefficient (Wildman–Crippen LogP) is 3.40. The molecule has 0 spiro atoms. The summed E-state index contributed by atoms with van der Waals surface area (Å²) in [4.78, 5) is 0. The number of rotatable bonds is 3. The number of hydrogen-bond acceptors (Lipinski definition) is 2. The first kappa shape index (κ1) is 16.6. The minimum atomic E-state index is -1.17. The van der Waals surface area contributed by atoms with E-state index in [1.165, 1.54) is 5.19 Å². The van der Waals surface area contributed by atoms with Crippen LogP contribution in [-0.2, 0) is 0 Å². The quantitative estimate of drug-likeness (QED) is 0.436. The fourth-order valence-electron chi connectivity index (χ4n) is 2.43. The molecule has 4 N–H and O–H groups in total. The number of nitrogen functional groups attached to an aromatic ring is 2. The number of nitrogens with two attached hydrogens (primary N) is 2. The Bertz CT molecular complexity index is 937. The summed E-state index contributed by atoms with van der Waals surface area (Å²) in [6, 6.07) is 25.9. The van der Waals surface area contributed by atoms with Gasteiger partial charge in [-0.05, 0) is 41.1 Å². The predicted molar refractivity (Wildman–Crippen MR) is 109 cm³/mol. The topological polar surface area (TPSA) is 52.0 Å². The van der Waals surface area contributed by atoms with Gasteiger partial charge in [-0.25, -0.2) is 0 Å². The lowest BCUT2D eigenvalue weighted by Crippen LogP contribution is -2.26. The van der Waals surface area contributed by atoms with Crippen molar-refractivity contribution in [2.45, 2.75) is 0 Å². The van der Waals surface area contributed by atoms with Crippen LogP contribution in [0.25, 0.3) is 6.08 Å². The van der Waals surface area contributed by atoms with Crippen LogP contribution in [0.5, 0.6) is 0 Å². The molecule has 3 aromatic rings. The van der Waals surface area contributed by atoms with Crippen molar-refractivity contribution in [1.29, 1.82) is 0 Å². The van der Waals surface area contributed by atoms with Crippen LogP contribution in [0.2, 0.25) is 0 Å². The van der Waals surface area contributed by atoms with Crippen LogP contribution in [0.3, 0.4) is 0 Å². The van der Waals surface area contributed by atoms with Crippen molar-refractivity contribution in [2.75, 3.05) is 11.5 Å². The van der Waals surface area contributed by atoms with Gasteiger partial charge in [0.1, 0.15) is 0 Å². The zero-order valence-corrected chi connectivity index (χ0v) is 14.8. The molecule has 0 heterocycles. The van der Waals surface area contributed by atoms with Gasteiger partial charge in [-0.2, -0.15) is 0 Å². The molecule has 0 aliphatic carbocycles. The third kappa shape index (κ3) is 4.87. The minimum absolute atomic E-state index is 0.732. The van der Waals surface area contributed by atoms with Crippen molar-refractivity contribution in [1.82, 2.24) is 0 Å². The van der Waals surface area contributed by atoms with Crippen molar-refractivity contribution in [2.24, 2.45) is 0 Å².